The quantitative estimate of drug-likeness (QED) is 0.707. The predicted octanol–water partition coefficient (Wildman–Crippen LogP) is 2.40. The van der Waals surface area contributed by atoms with Crippen LogP contribution in [0, 0.1) is 0 Å². The van der Waals surface area contributed by atoms with Crippen LogP contribution < -0.4 is 5.32 Å². The minimum atomic E-state index is -4.56. The van der Waals surface area contributed by atoms with Crippen LogP contribution in [0.3, 0.4) is 0 Å². The molecule has 2 amide bonds. The Morgan fingerprint density at radius 2 is 1.80 bits per heavy atom. The molecule has 0 saturated heterocycles. The molecule has 0 aliphatic heterocycles. The van der Waals surface area contributed by atoms with E-state index in [0.717, 1.165) is 18.4 Å². The Kier molecular flexibility index (Phi) is 8.24. The van der Waals surface area contributed by atoms with Crippen molar-refractivity contribution in [2.24, 2.45) is 0 Å². The lowest BCUT2D eigenvalue weighted by molar-refractivity contribution is -0.137. The highest BCUT2D eigenvalue weighted by Gasteiger charge is 2.33. The Morgan fingerprint density at radius 3 is 2.40 bits per heavy atom. The highest BCUT2D eigenvalue weighted by Crippen LogP contribution is 2.34. The first-order chi connectivity index (χ1) is 11.6. The van der Waals surface area contributed by atoms with Crippen molar-refractivity contribution in [1.29, 1.82) is 0 Å². The number of para-hydroxylation sites is 1. The van der Waals surface area contributed by atoms with E-state index in [1.807, 2.05) is 19.0 Å². The predicted molar refractivity (Wildman–Crippen MR) is 93.6 cm³/mol. The standard InChI is InChI=1S/C16H22F3N3O2S/c1-21(2)8-9-25-11-15(24)22(3)10-14(23)20-13-7-5-4-6-12(13)16(17,18)19/h4-7H,8-11H2,1-3H3,(H,20,23). The lowest BCUT2D eigenvalue weighted by atomic mass is 10.1. The Hall–Kier alpha value is -1.74. The largest absolute Gasteiger partial charge is 0.418 e. The molecule has 140 valence electrons. The van der Waals surface area contributed by atoms with Gasteiger partial charge in [0, 0.05) is 19.3 Å². The van der Waals surface area contributed by atoms with Gasteiger partial charge in [-0.2, -0.15) is 24.9 Å². The van der Waals surface area contributed by atoms with E-state index in [1.165, 1.54) is 41.9 Å². The lowest BCUT2D eigenvalue weighted by Gasteiger charge is -2.18. The summed E-state index contributed by atoms with van der Waals surface area (Å²) in [5.41, 5.74) is -1.24. The summed E-state index contributed by atoms with van der Waals surface area (Å²) in [6, 6.07) is 4.73. The average molecular weight is 377 g/mol. The van der Waals surface area contributed by atoms with Crippen molar-refractivity contribution in [2.45, 2.75) is 6.18 Å². The molecule has 25 heavy (non-hydrogen) atoms. The fourth-order valence-corrected chi connectivity index (χ4v) is 2.88. The van der Waals surface area contributed by atoms with Crippen molar-refractivity contribution in [1.82, 2.24) is 9.80 Å². The monoisotopic (exact) mass is 377 g/mol. The Balaban J connectivity index is 2.53. The van der Waals surface area contributed by atoms with Crippen LogP contribution in [0.1, 0.15) is 5.56 Å². The van der Waals surface area contributed by atoms with Gasteiger partial charge in [0.25, 0.3) is 0 Å². The van der Waals surface area contributed by atoms with E-state index < -0.39 is 17.6 Å². The molecule has 1 N–H and O–H groups in total. The molecule has 0 heterocycles. The SMILES string of the molecule is CN(C)CCSCC(=O)N(C)CC(=O)Nc1ccccc1C(F)(F)F. The normalized spacial score (nSPS) is 11.5. The van der Waals surface area contributed by atoms with Crippen molar-refractivity contribution in [3.05, 3.63) is 29.8 Å². The van der Waals surface area contributed by atoms with Crippen LogP contribution >= 0.6 is 11.8 Å². The van der Waals surface area contributed by atoms with Crippen LogP contribution in [-0.4, -0.2) is 67.4 Å². The molecule has 0 saturated carbocycles. The van der Waals surface area contributed by atoms with Crippen LogP contribution in [0.15, 0.2) is 24.3 Å². The summed E-state index contributed by atoms with van der Waals surface area (Å²) in [7, 11) is 5.30. The van der Waals surface area contributed by atoms with Crippen molar-refractivity contribution in [3.8, 4) is 0 Å². The van der Waals surface area contributed by atoms with Gasteiger partial charge in [0.2, 0.25) is 11.8 Å². The number of hydrogen-bond donors (Lipinski definition) is 1. The highest BCUT2D eigenvalue weighted by atomic mass is 32.2. The average Bonchev–Trinajstić information content (AvgIpc) is 2.50. The summed E-state index contributed by atoms with van der Waals surface area (Å²) in [5, 5.41) is 2.22. The summed E-state index contributed by atoms with van der Waals surface area (Å²) in [5.74, 6) is 0.0722. The third-order valence-electron chi connectivity index (χ3n) is 3.22. The zero-order valence-electron chi connectivity index (χ0n) is 14.4. The molecule has 0 fully saturated rings. The summed E-state index contributed by atoms with van der Waals surface area (Å²) in [4.78, 5) is 27.1. The second kappa shape index (κ2) is 9.67. The third-order valence-corrected chi connectivity index (χ3v) is 4.14. The zero-order chi connectivity index (χ0) is 19.0. The van der Waals surface area contributed by atoms with Gasteiger partial charge in [-0.15, -0.1) is 0 Å². The third kappa shape index (κ3) is 7.78. The summed E-state index contributed by atoms with van der Waals surface area (Å²) >= 11 is 1.44. The van der Waals surface area contributed by atoms with Gasteiger partial charge in [-0.1, -0.05) is 12.1 Å². The number of nitrogens with zero attached hydrogens (tertiary/aromatic N) is 2. The Bertz CT molecular complexity index is 594. The van der Waals surface area contributed by atoms with E-state index in [4.69, 9.17) is 0 Å². The number of rotatable bonds is 8. The molecular formula is C16H22F3N3O2S. The van der Waals surface area contributed by atoms with Gasteiger partial charge in [0.05, 0.1) is 23.5 Å². The number of likely N-dealkylation sites (N-methyl/N-ethyl adjacent to an activating group) is 1. The number of carbonyl (C=O) groups is 2. The van der Waals surface area contributed by atoms with E-state index in [9.17, 15) is 22.8 Å². The number of hydrogen-bond acceptors (Lipinski definition) is 4. The van der Waals surface area contributed by atoms with Gasteiger partial charge in [0.1, 0.15) is 0 Å². The molecule has 5 nitrogen and oxygen atoms in total. The number of carbonyl (C=O) groups excluding carboxylic acids is 2. The lowest BCUT2D eigenvalue weighted by Crippen LogP contribution is -2.36. The maximum absolute atomic E-state index is 12.9. The number of thioether (sulfide) groups is 1. The van der Waals surface area contributed by atoms with Gasteiger partial charge < -0.3 is 15.1 Å². The second-order valence-corrected chi connectivity index (χ2v) is 6.80. The van der Waals surface area contributed by atoms with Gasteiger partial charge in [-0.25, -0.2) is 0 Å². The van der Waals surface area contributed by atoms with Gasteiger partial charge >= 0.3 is 6.18 Å². The second-order valence-electron chi connectivity index (χ2n) is 5.70. The molecule has 0 unspecified atom stereocenters. The Morgan fingerprint density at radius 1 is 1.16 bits per heavy atom. The van der Waals surface area contributed by atoms with Crippen molar-refractivity contribution >= 4 is 29.3 Å². The van der Waals surface area contributed by atoms with Gasteiger partial charge in [-0.05, 0) is 26.2 Å². The fourth-order valence-electron chi connectivity index (χ4n) is 1.85. The van der Waals surface area contributed by atoms with Crippen molar-refractivity contribution < 1.29 is 22.8 Å². The van der Waals surface area contributed by atoms with Crippen molar-refractivity contribution in [2.75, 3.05) is 51.1 Å². The number of alkyl halides is 3. The van der Waals surface area contributed by atoms with Gasteiger partial charge in [-0.3, -0.25) is 9.59 Å². The first-order valence-corrected chi connectivity index (χ1v) is 8.69. The molecule has 0 atom stereocenters. The molecule has 1 rings (SSSR count). The summed E-state index contributed by atoms with van der Waals surface area (Å²) in [6.07, 6.45) is -4.56. The highest BCUT2D eigenvalue weighted by molar-refractivity contribution is 7.99. The van der Waals surface area contributed by atoms with Crippen LogP contribution in [0.25, 0.3) is 0 Å². The number of halogens is 3. The van der Waals surface area contributed by atoms with Crippen LogP contribution in [0.5, 0.6) is 0 Å². The molecule has 9 heteroatoms. The molecule has 0 aromatic heterocycles. The van der Waals surface area contributed by atoms with E-state index >= 15 is 0 Å². The molecule has 0 aliphatic rings. The molecule has 0 bridgehead atoms. The number of amides is 2. The van der Waals surface area contributed by atoms with Crippen LogP contribution in [-0.2, 0) is 15.8 Å². The van der Waals surface area contributed by atoms with E-state index in [0.29, 0.717) is 0 Å². The van der Waals surface area contributed by atoms with Gasteiger partial charge in [0.15, 0.2) is 0 Å². The van der Waals surface area contributed by atoms with Crippen LogP contribution in [0.2, 0.25) is 0 Å². The minimum Gasteiger partial charge on any atom is -0.336 e. The number of nitrogens with one attached hydrogen (secondary N) is 1. The van der Waals surface area contributed by atoms with E-state index in [2.05, 4.69) is 5.32 Å². The molecule has 0 spiro atoms. The maximum Gasteiger partial charge on any atom is 0.418 e. The van der Waals surface area contributed by atoms with E-state index in [1.54, 1.807) is 0 Å². The Labute approximate surface area is 149 Å². The summed E-state index contributed by atoms with van der Waals surface area (Å²) < 4.78 is 38.7. The first kappa shape index (κ1) is 21.3. The fraction of sp³-hybridized carbons (Fsp3) is 0.500. The molecule has 1 aromatic rings. The summed E-state index contributed by atoms with van der Waals surface area (Å²) in [6.45, 7) is 0.523. The zero-order valence-corrected chi connectivity index (χ0v) is 15.2. The number of anilines is 1. The minimum absolute atomic E-state index is 0.219. The molecule has 1 aromatic carbocycles. The topological polar surface area (TPSA) is 52.7 Å². The number of benzene rings is 1. The van der Waals surface area contributed by atoms with Crippen molar-refractivity contribution in [3.63, 3.8) is 0 Å². The molecule has 0 radical (unpaired) electrons. The maximum atomic E-state index is 12.9. The van der Waals surface area contributed by atoms with Crippen LogP contribution in [0.4, 0.5) is 18.9 Å². The molecule has 0 aliphatic carbocycles. The smallest absolute Gasteiger partial charge is 0.336 e. The first-order valence-electron chi connectivity index (χ1n) is 7.53. The van der Waals surface area contributed by atoms with E-state index in [-0.39, 0.29) is 23.9 Å². The molecular weight excluding hydrogens is 355 g/mol.